The molecule has 1 aliphatic rings. The number of rotatable bonds is 5. The molecule has 0 radical (unpaired) electrons. The van der Waals surface area contributed by atoms with Crippen molar-refractivity contribution in [3.8, 4) is 0 Å². The summed E-state index contributed by atoms with van der Waals surface area (Å²) in [7, 11) is 0. The molecule has 2 rings (SSSR count). The average Bonchev–Trinajstić information content (AvgIpc) is 3.07. The number of nitrogens with two attached hydrogens (primary N) is 1. The number of nitrogens with zero attached hydrogens (tertiary/aromatic N) is 1. The lowest BCUT2D eigenvalue weighted by atomic mass is 10.1. The van der Waals surface area contributed by atoms with E-state index in [4.69, 9.17) is 10.8 Å². The molecule has 1 aliphatic carbocycles. The number of carbonyl (C=O) groups excluding carboxylic acids is 1. The van der Waals surface area contributed by atoms with E-state index in [1.54, 1.807) is 12.1 Å². The standard InChI is InChI=1S/C11H13N3O3/c12-8(15)7-2-1-5-13-9(7)14-6-11(3-4-11)10(16)17/h1-2,5H,3-4,6H2,(H2,12,15)(H,13,14)(H,16,17). The smallest absolute Gasteiger partial charge is 0.311 e. The van der Waals surface area contributed by atoms with Crippen LogP contribution in [0.1, 0.15) is 23.2 Å². The van der Waals surface area contributed by atoms with Crippen LogP contribution in [0.2, 0.25) is 0 Å². The van der Waals surface area contributed by atoms with Crippen LogP contribution < -0.4 is 11.1 Å². The Morgan fingerprint density at radius 3 is 2.76 bits per heavy atom. The van der Waals surface area contributed by atoms with Gasteiger partial charge in [-0.15, -0.1) is 0 Å². The Hall–Kier alpha value is -2.11. The van der Waals surface area contributed by atoms with E-state index in [1.807, 2.05) is 0 Å². The Bertz CT molecular complexity index is 469. The van der Waals surface area contributed by atoms with Crippen LogP contribution in [-0.4, -0.2) is 28.5 Å². The second kappa shape index (κ2) is 4.04. The molecule has 90 valence electrons. The Balaban J connectivity index is 2.09. The van der Waals surface area contributed by atoms with Gasteiger partial charge in [0.15, 0.2) is 0 Å². The van der Waals surface area contributed by atoms with Crippen LogP contribution in [0.4, 0.5) is 5.82 Å². The molecule has 6 nitrogen and oxygen atoms in total. The summed E-state index contributed by atoms with van der Waals surface area (Å²) in [6.45, 7) is 0.264. The van der Waals surface area contributed by atoms with Crippen LogP contribution in [-0.2, 0) is 4.79 Å². The largest absolute Gasteiger partial charge is 0.481 e. The van der Waals surface area contributed by atoms with Gasteiger partial charge in [0, 0.05) is 12.7 Å². The first kappa shape index (κ1) is 11.4. The summed E-state index contributed by atoms with van der Waals surface area (Å²) in [5.41, 5.74) is 4.76. The van der Waals surface area contributed by atoms with Gasteiger partial charge in [-0.2, -0.15) is 0 Å². The van der Waals surface area contributed by atoms with Crippen molar-refractivity contribution in [2.24, 2.45) is 11.1 Å². The van der Waals surface area contributed by atoms with Crippen molar-refractivity contribution in [3.05, 3.63) is 23.9 Å². The minimum atomic E-state index is -0.818. The summed E-state index contributed by atoms with van der Waals surface area (Å²) in [6, 6.07) is 3.16. The summed E-state index contributed by atoms with van der Waals surface area (Å²) >= 11 is 0. The highest BCUT2D eigenvalue weighted by molar-refractivity contribution is 5.97. The molecule has 0 unspecified atom stereocenters. The predicted octanol–water partition coefficient (Wildman–Crippen LogP) is 0.457. The molecule has 6 heteroatoms. The molecule has 1 heterocycles. The molecule has 4 N–H and O–H groups in total. The van der Waals surface area contributed by atoms with E-state index in [0.29, 0.717) is 18.7 Å². The molecule has 1 aromatic heterocycles. The van der Waals surface area contributed by atoms with Gasteiger partial charge in [0.1, 0.15) is 5.82 Å². The lowest BCUT2D eigenvalue weighted by Gasteiger charge is -2.13. The topological polar surface area (TPSA) is 105 Å². The van der Waals surface area contributed by atoms with Gasteiger partial charge in [0.2, 0.25) is 0 Å². The first-order valence-electron chi connectivity index (χ1n) is 5.27. The van der Waals surface area contributed by atoms with Gasteiger partial charge >= 0.3 is 5.97 Å². The second-order valence-corrected chi connectivity index (χ2v) is 4.20. The predicted molar refractivity (Wildman–Crippen MR) is 60.5 cm³/mol. The maximum absolute atomic E-state index is 11.1. The lowest BCUT2D eigenvalue weighted by Crippen LogP contribution is -2.26. The van der Waals surface area contributed by atoms with Gasteiger partial charge in [0.05, 0.1) is 11.0 Å². The number of pyridine rings is 1. The fourth-order valence-electron chi connectivity index (χ4n) is 1.62. The van der Waals surface area contributed by atoms with E-state index in [9.17, 15) is 9.59 Å². The average molecular weight is 235 g/mol. The third-order valence-corrected chi connectivity index (χ3v) is 2.97. The van der Waals surface area contributed by atoms with Crippen molar-refractivity contribution in [2.45, 2.75) is 12.8 Å². The molecule has 0 spiro atoms. The van der Waals surface area contributed by atoms with Crippen molar-refractivity contribution in [1.82, 2.24) is 4.98 Å². The lowest BCUT2D eigenvalue weighted by molar-refractivity contribution is -0.142. The number of carboxylic acid groups (broad SMARTS) is 1. The first-order valence-corrected chi connectivity index (χ1v) is 5.27. The second-order valence-electron chi connectivity index (χ2n) is 4.20. The molecule has 0 aliphatic heterocycles. The number of nitrogens with one attached hydrogen (secondary N) is 1. The highest BCUT2D eigenvalue weighted by Crippen LogP contribution is 2.45. The van der Waals surface area contributed by atoms with E-state index in [1.165, 1.54) is 6.20 Å². The summed E-state index contributed by atoms with van der Waals surface area (Å²) in [4.78, 5) is 26.1. The number of aromatic nitrogens is 1. The zero-order chi connectivity index (χ0) is 12.5. The molecule has 1 amide bonds. The highest BCUT2D eigenvalue weighted by Gasteiger charge is 2.50. The summed E-state index contributed by atoms with van der Waals surface area (Å²) in [5, 5.41) is 11.9. The molecule has 0 aromatic carbocycles. The van der Waals surface area contributed by atoms with Gasteiger partial charge in [-0.25, -0.2) is 4.98 Å². The minimum Gasteiger partial charge on any atom is -0.481 e. The Morgan fingerprint density at radius 2 is 2.24 bits per heavy atom. The van der Waals surface area contributed by atoms with Crippen LogP contribution >= 0.6 is 0 Å². The Kier molecular flexibility index (Phi) is 2.71. The fraction of sp³-hybridized carbons (Fsp3) is 0.364. The molecule has 1 aromatic rings. The van der Waals surface area contributed by atoms with E-state index < -0.39 is 17.3 Å². The summed E-state index contributed by atoms with van der Waals surface area (Å²) in [5.74, 6) is -1.06. The van der Waals surface area contributed by atoms with Crippen LogP contribution in [0, 0.1) is 5.41 Å². The number of primary amides is 1. The quantitative estimate of drug-likeness (QED) is 0.687. The zero-order valence-corrected chi connectivity index (χ0v) is 9.14. The van der Waals surface area contributed by atoms with Crippen LogP contribution in [0.25, 0.3) is 0 Å². The third kappa shape index (κ3) is 2.20. The van der Waals surface area contributed by atoms with Gasteiger partial charge in [-0.3, -0.25) is 9.59 Å². The molecule has 1 fully saturated rings. The van der Waals surface area contributed by atoms with E-state index in [-0.39, 0.29) is 12.1 Å². The Morgan fingerprint density at radius 1 is 1.53 bits per heavy atom. The summed E-state index contributed by atoms with van der Waals surface area (Å²) in [6.07, 6.45) is 2.82. The number of anilines is 1. The molecule has 17 heavy (non-hydrogen) atoms. The minimum absolute atomic E-state index is 0.264. The molecule has 0 saturated heterocycles. The van der Waals surface area contributed by atoms with Gasteiger partial charge < -0.3 is 16.2 Å². The molecule has 0 bridgehead atoms. The zero-order valence-electron chi connectivity index (χ0n) is 9.14. The molecule has 1 saturated carbocycles. The van der Waals surface area contributed by atoms with Crippen molar-refractivity contribution < 1.29 is 14.7 Å². The van der Waals surface area contributed by atoms with Crippen LogP contribution in [0.15, 0.2) is 18.3 Å². The SMILES string of the molecule is NC(=O)c1cccnc1NCC1(C(=O)O)CC1. The first-order chi connectivity index (χ1) is 8.05. The number of aliphatic carboxylic acids is 1. The van der Waals surface area contributed by atoms with Gasteiger partial charge in [-0.1, -0.05) is 0 Å². The Labute approximate surface area is 97.8 Å². The van der Waals surface area contributed by atoms with Crippen molar-refractivity contribution >= 4 is 17.7 Å². The third-order valence-electron chi connectivity index (χ3n) is 2.97. The van der Waals surface area contributed by atoms with Gasteiger partial charge in [0.25, 0.3) is 5.91 Å². The highest BCUT2D eigenvalue weighted by atomic mass is 16.4. The van der Waals surface area contributed by atoms with Crippen molar-refractivity contribution in [3.63, 3.8) is 0 Å². The summed E-state index contributed by atoms with van der Waals surface area (Å²) < 4.78 is 0. The van der Waals surface area contributed by atoms with Crippen molar-refractivity contribution in [2.75, 3.05) is 11.9 Å². The van der Waals surface area contributed by atoms with E-state index >= 15 is 0 Å². The monoisotopic (exact) mass is 235 g/mol. The maximum Gasteiger partial charge on any atom is 0.311 e. The van der Waals surface area contributed by atoms with E-state index in [2.05, 4.69) is 10.3 Å². The van der Waals surface area contributed by atoms with Gasteiger partial charge in [-0.05, 0) is 25.0 Å². The molecular formula is C11H13N3O3. The maximum atomic E-state index is 11.1. The molecular weight excluding hydrogens is 222 g/mol. The van der Waals surface area contributed by atoms with Crippen LogP contribution in [0.5, 0.6) is 0 Å². The van der Waals surface area contributed by atoms with Crippen molar-refractivity contribution in [1.29, 1.82) is 0 Å². The number of hydrogen-bond acceptors (Lipinski definition) is 4. The van der Waals surface area contributed by atoms with Crippen LogP contribution in [0.3, 0.4) is 0 Å². The van der Waals surface area contributed by atoms with E-state index in [0.717, 1.165) is 0 Å². The number of carboxylic acids is 1. The number of hydrogen-bond donors (Lipinski definition) is 3. The normalized spacial score (nSPS) is 16.2. The fourth-order valence-corrected chi connectivity index (χ4v) is 1.62. The number of amides is 1. The molecule has 0 atom stereocenters. The number of carbonyl (C=O) groups is 2.